The van der Waals surface area contributed by atoms with E-state index in [0.717, 1.165) is 18.2 Å². The highest BCUT2D eigenvalue weighted by molar-refractivity contribution is 6.34. The van der Waals surface area contributed by atoms with Crippen LogP contribution in [0, 0.1) is 19.3 Å². The number of carbonyl (C=O) groups excluding carboxylic acids is 2. The number of hydrogen-bond donors (Lipinski definition) is 5. The summed E-state index contributed by atoms with van der Waals surface area (Å²) in [6.45, 7) is 10.1. The smallest absolute Gasteiger partial charge is 0.269 e. The van der Waals surface area contributed by atoms with Crippen LogP contribution in [0.15, 0.2) is 30.3 Å². The van der Waals surface area contributed by atoms with E-state index < -0.39 is 35.5 Å². The molecule has 2 amide bonds. The van der Waals surface area contributed by atoms with E-state index in [1.807, 2.05) is 0 Å². The van der Waals surface area contributed by atoms with Gasteiger partial charge in [-0.05, 0) is 43.7 Å². The fraction of sp³-hybridized carbons (Fsp3) is 0.211. The Bertz CT molecular complexity index is 991. The number of rotatable bonds is 5. The Hall–Kier alpha value is -3.35. The number of nitrogens with zero attached hydrogens (tertiary/aromatic N) is 1. The van der Waals surface area contributed by atoms with Gasteiger partial charge in [0.15, 0.2) is 11.6 Å². The van der Waals surface area contributed by atoms with E-state index in [1.165, 1.54) is 13.0 Å². The molecule has 0 aliphatic rings. The maximum Gasteiger partial charge on any atom is 0.269 e. The summed E-state index contributed by atoms with van der Waals surface area (Å²) in [5.74, 6) is -3.15. The molecule has 10 heteroatoms. The standard InChI is InChI=1S/C19H18ClFN4O4/c1-9-13(6-7-14(22-3)16(9)20)23-17(10(2)26)19(29)25-24-18(28)11-4-5-12(21)15(27)8-11/h4-8,10,17,23,26-27H,1-2H3,(H,24,28)(H,25,29)/t10-,17?/m1/s1. The Morgan fingerprint density at radius 1 is 1.24 bits per heavy atom. The fourth-order valence-electron chi connectivity index (χ4n) is 2.41. The molecule has 0 spiro atoms. The number of aromatic hydroxyl groups is 1. The van der Waals surface area contributed by atoms with Gasteiger partial charge in [-0.2, -0.15) is 0 Å². The minimum atomic E-state index is -1.16. The molecule has 2 aromatic rings. The largest absolute Gasteiger partial charge is 0.505 e. The molecule has 0 fully saturated rings. The summed E-state index contributed by atoms with van der Waals surface area (Å²) in [5, 5.41) is 22.3. The number of phenolic OH excluding ortho intramolecular Hbond substituents is 1. The van der Waals surface area contributed by atoms with Crippen molar-refractivity contribution in [2.75, 3.05) is 5.32 Å². The molecule has 0 aromatic heterocycles. The van der Waals surface area contributed by atoms with Gasteiger partial charge in [-0.15, -0.1) is 0 Å². The predicted molar refractivity (Wildman–Crippen MR) is 105 cm³/mol. The number of hydrogen-bond acceptors (Lipinski definition) is 5. The number of anilines is 1. The first-order valence-corrected chi connectivity index (χ1v) is 8.73. The molecule has 152 valence electrons. The van der Waals surface area contributed by atoms with Crippen molar-refractivity contribution in [2.45, 2.75) is 26.0 Å². The Balaban J connectivity index is 2.10. The minimum absolute atomic E-state index is 0.0804. The van der Waals surface area contributed by atoms with Crippen molar-refractivity contribution in [1.29, 1.82) is 0 Å². The van der Waals surface area contributed by atoms with Gasteiger partial charge in [0.05, 0.1) is 17.7 Å². The van der Waals surface area contributed by atoms with Crippen LogP contribution in [0.2, 0.25) is 5.02 Å². The zero-order valence-corrected chi connectivity index (χ0v) is 16.2. The van der Waals surface area contributed by atoms with Gasteiger partial charge in [0, 0.05) is 11.3 Å². The van der Waals surface area contributed by atoms with Crippen LogP contribution in [0.3, 0.4) is 0 Å². The summed E-state index contributed by atoms with van der Waals surface area (Å²) in [7, 11) is 0. The van der Waals surface area contributed by atoms with Crippen molar-refractivity contribution in [3.05, 3.63) is 63.7 Å². The molecule has 2 rings (SSSR count). The van der Waals surface area contributed by atoms with Gasteiger partial charge in [0.25, 0.3) is 11.8 Å². The first-order chi connectivity index (χ1) is 13.6. The molecular weight excluding hydrogens is 403 g/mol. The molecule has 0 aliphatic heterocycles. The highest BCUT2D eigenvalue weighted by Gasteiger charge is 2.25. The molecule has 8 nitrogen and oxygen atoms in total. The van der Waals surface area contributed by atoms with Crippen LogP contribution < -0.4 is 16.2 Å². The van der Waals surface area contributed by atoms with Crippen molar-refractivity contribution in [2.24, 2.45) is 0 Å². The van der Waals surface area contributed by atoms with Crippen LogP contribution >= 0.6 is 11.6 Å². The molecular formula is C19H18ClFN4O4. The highest BCUT2D eigenvalue weighted by Crippen LogP contribution is 2.33. The predicted octanol–water partition coefficient (Wildman–Crippen LogP) is 2.67. The van der Waals surface area contributed by atoms with Gasteiger partial charge in [-0.1, -0.05) is 17.7 Å². The van der Waals surface area contributed by atoms with Crippen LogP contribution in [0.25, 0.3) is 4.85 Å². The molecule has 0 heterocycles. The quantitative estimate of drug-likeness (QED) is 0.377. The Morgan fingerprint density at radius 2 is 1.93 bits per heavy atom. The van der Waals surface area contributed by atoms with Crippen molar-refractivity contribution >= 4 is 34.8 Å². The second kappa shape index (κ2) is 9.23. The van der Waals surface area contributed by atoms with Crippen molar-refractivity contribution < 1.29 is 24.2 Å². The maximum atomic E-state index is 13.1. The molecule has 5 N–H and O–H groups in total. The Labute approximate surface area is 171 Å². The number of halogens is 2. The normalized spacial score (nSPS) is 12.4. The maximum absolute atomic E-state index is 13.1. The molecule has 0 saturated heterocycles. The summed E-state index contributed by atoms with van der Waals surface area (Å²) in [6, 6.07) is 4.81. The van der Waals surface area contributed by atoms with E-state index in [2.05, 4.69) is 21.0 Å². The van der Waals surface area contributed by atoms with Crippen molar-refractivity contribution in [3.63, 3.8) is 0 Å². The summed E-state index contributed by atoms with van der Waals surface area (Å²) in [5.41, 5.74) is 5.40. The number of carbonyl (C=O) groups is 2. The number of amides is 2. The van der Waals surface area contributed by atoms with E-state index in [0.29, 0.717) is 11.3 Å². The number of benzene rings is 2. The number of aliphatic hydroxyl groups is 1. The minimum Gasteiger partial charge on any atom is -0.505 e. The Kier molecular flexibility index (Phi) is 6.98. The van der Waals surface area contributed by atoms with E-state index in [-0.39, 0.29) is 16.3 Å². The SMILES string of the molecule is [C-]#[N+]c1ccc(NC(C(=O)NNC(=O)c2ccc(F)c(O)c2)[C@@H](C)O)c(C)c1Cl. The Morgan fingerprint density at radius 3 is 2.52 bits per heavy atom. The molecule has 2 aromatic carbocycles. The van der Waals surface area contributed by atoms with Gasteiger partial charge < -0.3 is 15.5 Å². The van der Waals surface area contributed by atoms with Gasteiger partial charge in [-0.3, -0.25) is 20.4 Å². The number of hydrazine groups is 1. The van der Waals surface area contributed by atoms with E-state index >= 15 is 0 Å². The van der Waals surface area contributed by atoms with Gasteiger partial charge in [0.2, 0.25) is 5.69 Å². The average molecular weight is 421 g/mol. The second-order valence-corrected chi connectivity index (χ2v) is 6.53. The van der Waals surface area contributed by atoms with Gasteiger partial charge in [-0.25, -0.2) is 9.24 Å². The number of nitrogens with one attached hydrogen (secondary N) is 3. The van der Waals surface area contributed by atoms with Crippen LogP contribution in [0.1, 0.15) is 22.8 Å². The molecule has 0 bridgehead atoms. The second-order valence-electron chi connectivity index (χ2n) is 6.16. The average Bonchev–Trinajstić information content (AvgIpc) is 2.68. The van der Waals surface area contributed by atoms with E-state index in [1.54, 1.807) is 13.0 Å². The van der Waals surface area contributed by atoms with Crippen LogP contribution in [0.4, 0.5) is 15.8 Å². The summed E-state index contributed by atoms with van der Waals surface area (Å²) in [6.07, 6.45) is -1.15. The molecule has 29 heavy (non-hydrogen) atoms. The first-order valence-electron chi connectivity index (χ1n) is 8.35. The molecule has 2 atom stereocenters. The van der Waals surface area contributed by atoms with Crippen LogP contribution in [-0.2, 0) is 4.79 Å². The number of phenols is 1. The topological polar surface area (TPSA) is 115 Å². The third kappa shape index (κ3) is 5.13. The fourth-order valence-corrected chi connectivity index (χ4v) is 2.62. The number of aliphatic hydroxyl groups excluding tert-OH is 1. The molecule has 0 saturated carbocycles. The lowest BCUT2D eigenvalue weighted by molar-refractivity contribution is -0.124. The third-order valence-electron chi connectivity index (χ3n) is 4.07. The van der Waals surface area contributed by atoms with Crippen LogP contribution in [-0.4, -0.2) is 34.2 Å². The molecule has 1 unspecified atom stereocenters. The summed E-state index contributed by atoms with van der Waals surface area (Å²) >= 11 is 6.11. The zero-order chi connectivity index (χ0) is 21.7. The van der Waals surface area contributed by atoms with Crippen molar-refractivity contribution in [3.8, 4) is 5.75 Å². The lowest BCUT2D eigenvalue weighted by Crippen LogP contribution is -2.52. The lowest BCUT2D eigenvalue weighted by Gasteiger charge is -2.23. The third-order valence-corrected chi connectivity index (χ3v) is 4.55. The zero-order valence-electron chi connectivity index (χ0n) is 15.5. The highest BCUT2D eigenvalue weighted by atomic mass is 35.5. The molecule has 0 aliphatic carbocycles. The van der Waals surface area contributed by atoms with Gasteiger partial charge in [0.1, 0.15) is 6.04 Å². The van der Waals surface area contributed by atoms with E-state index in [9.17, 15) is 24.2 Å². The van der Waals surface area contributed by atoms with E-state index in [4.69, 9.17) is 18.2 Å². The molecule has 0 radical (unpaired) electrons. The first kappa shape index (κ1) is 21.9. The monoisotopic (exact) mass is 420 g/mol. The van der Waals surface area contributed by atoms with Gasteiger partial charge >= 0.3 is 0 Å². The summed E-state index contributed by atoms with van der Waals surface area (Å²) in [4.78, 5) is 27.8. The van der Waals surface area contributed by atoms with Crippen LogP contribution in [0.5, 0.6) is 5.75 Å². The lowest BCUT2D eigenvalue weighted by atomic mass is 10.1. The summed E-state index contributed by atoms with van der Waals surface area (Å²) < 4.78 is 13.1. The van der Waals surface area contributed by atoms with Crippen molar-refractivity contribution in [1.82, 2.24) is 10.9 Å².